The van der Waals surface area contributed by atoms with E-state index in [0.717, 1.165) is 18.4 Å². The number of rotatable bonds is 6. The molecule has 1 aromatic carbocycles. The van der Waals surface area contributed by atoms with Gasteiger partial charge in [-0.25, -0.2) is 13.1 Å². The molecule has 0 bridgehead atoms. The molecule has 1 aromatic heterocycles. The first kappa shape index (κ1) is 17.1. The van der Waals surface area contributed by atoms with E-state index in [0.29, 0.717) is 11.4 Å². The second-order valence-electron chi connectivity index (χ2n) is 6.51. The first-order chi connectivity index (χ1) is 11.3. The Kier molecular flexibility index (Phi) is 4.27. The molecule has 0 spiro atoms. The van der Waals surface area contributed by atoms with Gasteiger partial charge in [-0.3, -0.25) is 4.68 Å². The van der Waals surface area contributed by atoms with E-state index >= 15 is 0 Å². The van der Waals surface area contributed by atoms with Crippen molar-refractivity contribution in [1.29, 1.82) is 0 Å². The van der Waals surface area contributed by atoms with Crippen LogP contribution in [0.5, 0.6) is 0 Å². The summed E-state index contributed by atoms with van der Waals surface area (Å²) in [5.74, 6) is 0.0821. The maximum atomic E-state index is 12.7. The summed E-state index contributed by atoms with van der Waals surface area (Å²) in [5, 5.41) is 15.3. The normalized spacial score (nSPS) is 17.7. The predicted molar refractivity (Wildman–Crippen MR) is 90.9 cm³/mol. The van der Waals surface area contributed by atoms with Crippen molar-refractivity contribution < 1.29 is 13.5 Å². The highest BCUT2D eigenvalue weighted by Gasteiger charge is 2.45. The molecule has 0 unspecified atom stereocenters. The molecule has 1 heterocycles. The van der Waals surface area contributed by atoms with Crippen molar-refractivity contribution in [3.8, 4) is 0 Å². The van der Waals surface area contributed by atoms with Crippen molar-refractivity contribution >= 4 is 10.0 Å². The third kappa shape index (κ3) is 2.99. The highest BCUT2D eigenvalue weighted by Crippen LogP contribution is 2.45. The fourth-order valence-electron chi connectivity index (χ4n) is 3.19. The van der Waals surface area contributed by atoms with Crippen molar-refractivity contribution in [3.63, 3.8) is 0 Å². The molecule has 1 aliphatic rings. The van der Waals surface area contributed by atoms with Crippen molar-refractivity contribution in [2.75, 3.05) is 6.54 Å². The Labute approximate surface area is 142 Å². The molecule has 0 saturated heterocycles. The zero-order chi connectivity index (χ0) is 17.5. The highest BCUT2D eigenvalue weighted by atomic mass is 32.2. The van der Waals surface area contributed by atoms with Gasteiger partial charge in [-0.1, -0.05) is 30.3 Å². The molecular formula is C17H23N3O3S. The maximum absolute atomic E-state index is 12.7. The summed E-state index contributed by atoms with van der Waals surface area (Å²) < 4.78 is 29.6. The summed E-state index contributed by atoms with van der Waals surface area (Å²) in [5.41, 5.74) is 0.597. The number of aliphatic hydroxyl groups is 1. The first-order valence-electron chi connectivity index (χ1n) is 8.03. The Morgan fingerprint density at radius 3 is 2.42 bits per heavy atom. The number of nitrogens with zero attached hydrogens (tertiary/aromatic N) is 2. The van der Waals surface area contributed by atoms with Gasteiger partial charge in [0.15, 0.2) is 0 Å². The lowest BCUT2D eigenvalue weighted by atomic mass is 9.89. The smallest absolute Gasteiger partial charge is 0.244 e. The minimum Gasteiger partial charge on any atom is -0.383 e. The van der Waals surface area contributed by atoms with Crippen LogP contribution in [0.1, 0.15) is 29.8 Å². The molecular weight excluding hydrogens is 326 g/mol. The van der Waals surface area contributed by atoms with Crippen LogP contribution in [0.25, 0.3) is 0 Å². The van der Waals surface area contributed by atoms with E-state index in [1.165, 1.54) is 0 Å². The minimum absolute atomic E-state index is 0.0439. The molecule has 0 aliphatic heterocycles. The van der Waals surface area contributed by atoms with Crippen LogP contribution in [0.2, 0.25) is 0 Å². The molecule has 0 amide bonds. The quantitative estimate of drug-likeness (QED) is 0.830. The molecule has 1 atom stereocenters. The molecule has 2 N–H and O–H groups in total. The van der Waals surface area contributed by atoms with E-state index < -0.39 is 15.6 Å². The average molecular weight is 349 g/mol. The minimum atomic E-state index is -3.74. The molecule has 0 radical (unpaired) electrons. The summed E-state index contributed by atoms with van der Waals surface area (Å²) >= 11 is 0. The fraction of sp³-hybridized carbons (Fsp3) is 0.471. The topological polar surface area (TPSA) is 84.2 Å². The second kappa shape index (κ2) is 5.98. The molecule has 1 aliphatic carbocycles. The van der Waals surface area contributed by atoms with Gasteiger partial charge in [-0.15, -0.1) is 0 Å². The Balaban J connectivity index is 1.87. The van der Waals surface area contributed by atoms with Crippen LogP contribution in [0.3, 0.4) is 0 Å². The molecule has 6 nitrogen and oxygen atoms in total. The zero-order valence-electron chi connectivity index (χ0n) is 14.2. The van der Waals surface area contributed by atoms with Gasteiger partial charge in [0.05, 0.1) is 11.4 Å². The van der Waals surface area contributed by atoms with E-state index in [1.54, 1.807) is 25.6 Å². The van der Waals surface area contributed by atoms with E-state index in [4.69, 9.17) is 0 Å². The van der Waals surface area contributed by atoms with Crippen LogP contribution < -0.4 is 4.72 Å². The lowest BCUT2D eigenvalue weighted by molar-refractivity contribution is 0.0185. The van der Waals surface area contributed by atoms with Crippen molar-refractivity contribution in [2.45, 2.75) is 37.2 Å². The molecule has 1 fully saturated rings. The third-order valence-electron chi connectivity index (χ3n) is 4.77. The number of aromatic nitrogens is 2. The van der Waals surface area contributed by atoms with Gasteiger partial charge < -0.3 is 5.11 Å². The monoisotopic (exact) mass is 349 g/mol. The van der Waals surface area contributed by atoms with E-state index in [9.17, 15) is 13.5 Å². The molecule has 24 heavy (non-hydrogen) atoms. The lowest BCUT2D eigenvalue weighted by Crippen LogP contribution is -2.42. The summed E-state index contributed by atoms with van der Waals surface area (Å²) in [7, 11) is -2.03. The van der Waals surface area contributed by atoms with Crippen molar-refractivity contribution in [2.24, 2.45) is 13.0 Å². The van der Waals surface area contributed by atoms with E-state index in [1.807, 2.05) is 30.3 Å². The number of sulfonamides is 1. The molecule has 2 aromatic rings. The summed E-state index contributed by atoms with van der Waals surface area (Å²) in [6, 6.07) is 9.27. The second-order valence-corrected chi connectivity index (χ2v) is 8.22. The van der Waals surface area contributed by atoms with Crippen molar-refractivity contribution in [3.05, 3.63) is 47.3 Å². The van der Waals surface area contributed by atoms with E-state index in [-0.39, 0.29) is 17.4 Å². The average Bonchev–Trinajstić information content (AvgIpc) is 3.35. The van der Waals surface area contributed by atoms with Gasteiger partial charge in [0.25, 0.3) is 0 Å². The number of benzene rings is 1. The fourth-order valence-corrected chi connectivity index (χ4v) is 4.70. The largest absolute Gasteiger partial charge is 0.383 e. The van der Waals surface area contributed by atoms with Crippen LogP contribution >= 0.6 is 0 Å². The van der Waals surface area contributed by atoms with Gasteiger partial charge in [-0.05, 0) is 38.2 Å². The van der Waals surface area contributed by atoms with Crippen molar-refractivity contribution in [1.82, 2.24) is 14.5 Å². The molecule has 130 valence electrons. The SMILES string of the molecule is Cc1nn(C)c(C)c1S(=O)(=O)NC[C@](O)(c1ccccc1)C1CC1. The highest BCUT2D eigenvalue weighted by molar-refractivity contribution is 7.89. The first-order valence-corrected chi connectivity index (χ1v) is 9.52. The third-order valence-corrected chi connectivity index (χ3v) is 6.42. The van der Waals surface area contributed by atoms with Crippen LogP contribution in [0.15, 0.2) is 35.2 Å². The predicted octanol–water partition coefficient (Wildman–Crippen LogP) is 1.61. The number of hydrogen-bond acceptors (Lipinski definition) is 4. The van der Waals surface area contributed by atoms with Gasteiger partial charge in [0.1, 0.15) is 10.5 Å². The maximum Gasteiger partial charge on any atom is 0.244 e. The Bertz CT molecular complexity index is 841. The molecule has 1 saturated carbocycles. The molecule has 3 rings (SSSR count). The van der Waals surface area contributed by atoms with Crippen LogP contribution in [-0.2, 0) is 22.7 Å². The summed E-state index contributed by atoms with van der Waals surface area (Å²) in [6.45, 7) is 3.35. The number of hydrogen-bond donors (Lipinski definition) is 2. The van der Waals surface area contributed by atoms with Gasteiger partial charge in [0.2, 0.25) is 10.0 Å². The van der Waals surface area contributed by atoms with Gasteiger partial charge in [-0.2, -0.15) is 5.10 Å². The summed E-state index contributed by atoms with van der Waals surface area (Å²) in [4.78, 5) is 0.191. The van der Waals surface area contributed by atoms with E-state index in [2.05, 4.69) is 9.82 Å². The molecule has 7 heteroatoms. The van der Waals surface area contributed by atoms with Crippen LogP contribution in [0.4, 0.5) is 0 Å². The number of nitrogens with one attached hydrogen (secondary N) is 1. The standard InChI is InChI=1S/C17H23N3O3S/c1-12-16(13(2)20(3)19-12)24(22,23)18-11-17(21,15-9-10-15)14-7-5-4-6-8-14/h4-8,15,18,21H,9-11H2,1-3H3/t17-/m0/s1. The van der Waals surface area contributed by atoms with Gasteiger partial charge in [0, 0.05) is 13.6 Å². The number of aryl methyl sites for hydroxylation is 2. The zero-order valence-corrected chi connectivity index (χ0v) is 15.0. The Hall–Kier alpha value is -1.70. The Morgan fingerprint density at radius 2 is 1.92 bits per heavy atom. The van der Waals surface area contributed by atoms with Gasteiger partial charge >= 0.3 is 0 Å². The Morgan fingerprint density at radius 1 is 1.29 bits per heavy atom. The lowest BCUT2D eigenvalue weighted by Gasteiger charge is -2.29. The van der Waals surface area contributed by atoms with Crippen LogP contribution in [-0.4, -0.2) is 29.8 Å². The summed E-state index contributed by atoms with van der Waals surface area (Å²) in [6.07, 6.45) is 1.80. The van der Waals surface area contributed by atoms with Crippen LogP contribution in [0, 0.1) is 19.8 Å².